The van der Waals surface area contributed by atoms with Crippen LogP contribution in [0.5, 0.6) is 5.75 Å². The molecule has 1 fully saturated rings. The predicted molar refractivity (Wildman–Crippen MR) is 78.9 cm³/mol. The van der Waals surface area contributed by atoms with Gasteiger partial charge in [0.15, 0.2) is 0 Å². The van der Waals surface area contributed by atoms with Crippen molar-refractivity contribution in [1.82, 2.24) is 5.32 Å². The first-order valence-electron chi connectivity index (χ1n) is 7.56. The summed E-state index contributed by atoms with van der Waals surface area (Å²) in [6.45, 7) is 5.62. The molecular formula is C17H25NO. The lowest BCUT2D eigenvalue weighted by Gasteiger charge is -2.27. The Kier molecular flexibility index (Phi) is 3.30. The van der Waals surface area contributed by atoms with Gasteiger partial charge < -0.3 is 10.1 Å². The molecule has 0 heterocycles. The second kappa shape index (κ2) is 4.82. The van der Waals surface area contributed by atoms with Crippen LogP contribution in [0.1, 0.15) is 44.2 Å². The summed E-state index contributed by atoms with van der Waals surface area (Å²) in [7, 11) is 1.77. The van der Waals surface area contributed by atoms with Crippen molar-refractivity contribution in [3.05, 3.63) is 29.3 Å². The van der Waals surface area contributed by atoms with Crippen LogP contribution >= 0.6 is 0 Å². The van der Waals surface area contributed by atoms with Crippen molar-refractivity contribution >= 4 is 0 Å². The van der Waals surface area contributed by atoms with Gasteiger partial charge >= 0.3 is 0 Å². The Morgan fingerprint density at radius 3 is 3.00 bits per heavy atom. The van der Waals surface area contributed by atoms with Crippen LogP contribution in [-0.2, 0) is 11.8 Å². The third-order valence-corrected chi connectivity index (χ3v) is 4.93. The maximum atomic E-state index is 5.42. The fraction of sp³-hybridized carbons (Fsp3) is 0.647. The summed E-state index contributed by atoms with van der Waals surface area (Å²) in [5.74, 6) is 1.84. The van der Waals surface area contributed by atoms with Crippen molar-refractivity contribution in [3.63, 3.8) is 0 Å². The number of nitrogens with one attached hydrogen (secondary N) is 1. The Balaban J connectivity index is 1.83. The number of fused-ring (bicyclic) bond motifs is 2. The van der Waals surface area contributed by atoms with Crippen LogP contribution in [0.15, 0.2) is 18.2 Å². The molecule has 0 aromatic heterocycles. The maximum absolute atomic E-state index is 5.42. The molecule has 2 nitrogen and oxygen atoms in total. The van der Waals surface area contributed by atoms with Gasteiger partial charge in [0.1, 0.15) is 5.75 Å². The fourth-order valence-electron chi connectivity index (χ4n) is 3.76. The summed E-state index contributed by atoms with van der Waals surface area (Å²) >= 11 is 0. The highest BCUT2D eigenvalue weighted by Gasteiger charge is 2.56. The molecular weight excluding hydrogens is 234 g/mol. The zero-order valence-electron chi connectivity index (χ0n) is 12.3. The largest absolute Gasteiger partial charge is 0.497 e. The van der Waals surface area contributed by atoms with E-state index >= 15 is 0 Å². The van der Waals surface area contributed by atoms with Gasteiger partial charge in [-0.1, -0.05) is 19.9 Å². The van der Waals surface area contributed by atoms with Gasteiger partial charge in [-0.25, -0.2) is 0 Å². The average Bonchev–Trinajstić information content (AvgIpc) is 3.10. The van der Waals surface area contributed by atoms with Crippen LogP contribution < -0.4 is 10.1 Å². The summed E-state index contributed by atoms with van der Waals surface area (Å²) in [5.41, 5.74) is 3.59. The molecule has 104 valence electrons. The molecule has 0 aliphatic heterocycles. The molecule has 2 aliphatic carbocycles. The molecule has 1 N–H and O–H groups in total. The number of ether oxygens (including phenoxy) is 1. The predicted octanol–water partition coefficient (Wildman–Crippen LogP) is 3.29. The van der Waals surface area contributed by atoms with E-state index < -0.39 is 0 Å². The maximum Gasteiger partial charge on any atom is 0.119 e. The second-order valence-electron chi connectivity index (χ2n) is 6.50. The third kappa shape index (κ3) is 2.27. The number of benzene rings is 1. The molecule has 0 saturated heterocycles. The van der Waals surface area contributed by atoms with Crippen LogP contribution in [0.25, 0.3) is 0 Å². The number of aryl methyl sites for hydroxylation is 1. The Labute approximate surface area is 116 Å². The normalized spacial score (nSPS) is 28.5. The van der Waals surface area contributed by atoms with Crippen molar-refractivity contribution in [2.75, 3.05) is 13.7 Å². The minimum Gasteiger partial charge on any atom is -0.497 e. The van der Waals surface area contributed by atoms with Crippen molar-refractivity contribution in [3.8, 4) is 5.75 Å². The van der Waals surface area contributed by atoms with Crippen LogP contribution in [-0.4, -0.2) is 19.7 Å². The molecule has 3 rings (SSSR count). The molecule has 1 aromatic rings. The summed E-state index contributed by atoms with van der Waals surface area (Å²) in [4.78, 5) is 0. The van der Waals surface area contributed by atoms with Crippen molar-refractivity contribution < 1.29 is 4.74 Å². The average molecular weight is 259 g/mol. The highest BCUT2D eigenvalue weighted by atomic mass is 16.5. The van der Waals surface area contributed by atoms with E-state index in [4.69, 9.17) is 4.74 Å². The second-order valence-corrected chi connectivity index (χ2v) is 6.50. The summed E-state index contributed by atoms with van der Waals surface area (Å²) in [6, 6.07) is 7.28. The third-order valence-electron chi connectivity index (χ3n) is 4.93. The molecule has 1 aromatic carbocycles. The van der Waals surface area contributed by atoms with Crippen LogP contribution in [0.2, 0.25) is 0 Å². The molecule has 19 heavy (non-hydrogen) atoms. The van der Waals surface area contributed by atoms with Gasteiger partial charge in [-0.15, -0.1) is 0 Å². The molecule has 2 heteroatoms. The minimum absolute atomic E-state index is 0.462. The summed E-state index contributed by atoms with van der Waals surface area (Å²) < 4.78 is 5.42. The first-order chi connectivity index (χ1) is 9.15. The van der Waals surface area contributed by atoms with E-state index in [0.717, 1.165) is 18.2 Å². The first-order valence-corrected chi connectivity index (χ1v) is 7.56. The Morgan fingerprint density at radius 2 is 2.26 bits per heavy atom. The number of hydrogen-bond acceptors (Lipinski definition) is 2. The SMILES string of the molecule is COc1ccc2c(c1)C1(CCC2)CC1CNC(C)C. The lowest BCUT2D eigenvalue weighted by molar-refractivity contribution is 0.409. The standard InChI is InChI=1S/C17H25NO/c1-12(2)18-11-14-10-17(14)8-4-5-13-6-7-15(19-3)9-16(13)17/h6-7,9,12,14,18H,4-5,8,10-11H2,1-3H3. The zero-order valence-corrected chi connectivity index (χ0v) is 12.3. The lowest BCUT2D eigenvalue weighted by Crippen LogP contribution is -2.28. The van der Waals surface area contributed by atoms with Crippen molar-refractivity contribution in [2.24, 2.45) is 5.92 Å². The molecule has 1 spiro atoms. The van der Waals surface area contributed by atoms with Crippen LogP contribution in [0, 0.1) is 5.92 Å². The Hall–Kier alpha value is -1.02. The van der Waals surface area contributed by atoms with Gasteiger partial charge in [0.2, 0.25) is 0 Å². The molecule has 0 bridgehead atoms. The van der Waals surface area contributed by atoms with Gasteiger partial charge in [-0.2, -0.15) is 0 Å². The van der Waals surface area contributed by atoms with Crippen LogP contribution in [0.3, 0.4) is 0 Å². The summed E-state index contributed by atoms with van der Waals surface area (Å²) in [5, 5.41) is 3.61. The summed E-state index contributed by atoms with van der Waals surface area (Å²) in [6.07, 6.45) is 5.30. The monoisotopic (exact) mass is 259 g/mol. The Morgan fingerprint density at radius 1 is 1.42 bits per heavy atom. The smallest absolute Gasteiger partial charge is 0.119 e. The van der Waals surface area contributed by atoms with Gasteiger partial charge in [-0.05, 0) is 61.4 Å². The van der Waals surface area contributed by atoms with E-state index in [0.29, 0.717) is 11.5 Å². The fourth-order valence-corrected chi connectivity index (χ4v) is 3.76. The first kappa shape index (κ1) is 13.0. The van der Waals surface area contributed by atoms with Gasteiger partial charge in [0, 0.05) is 11.5 Å². The van der Waals surface area contributed by atoms with Gasteiger partial charge in [-0.3, -0.25) is 0 Å². The van der Waals surface area contributed by atoms with E-state index in [2.05, 4.69) is 37.4 Å². The molecule has 2 atom stereocenters. The number of methoxy groups -OCH3 is 1. The zero-order chi connectivity index (χ0) is 13.5. The molecule has 1 saturated carbocycles. The highest BCUT2D eigenvalue weighted by molar-refractivity contribution is 5.46. The van der Waals surface area contributed by atoms with Gasteiger partial charge in [0.25, 0.3) is 0 Å². The molecule has 2 aliphatic rings. The number of hydrogen-bond donors (Lipinski definition) is 1. The topological polar surface area (TPSA) is 21.3 Å². The van der Waals surface area contributed by atoms with E-state index in [-0.39, 0.29) is 0 Å². The van der Waals surface area contributed by atoms with Crippen molar-refractivity contribution in [2.45, 2.75) is 51.0 Å². The van der Waals surface area contributed by atoms with E-state index in [1.807, 2.05) is 0 Å². The Bertz CT molecular complexity index is 468. The van der Waals surface area contributed by atoms with E-state index in [1.54, 1.807) is 18.2 Å². The van der Waals surface area contributed by atoms with E-state index in [1.165, 1.54) is 25.7 Å². The van der Waals surface area contributed by atoms with Crippen molar-refractivity contribution in [1.29, 1.82) is 0 Å². The quantitative estimate of drug-likeness (QED) is 0.896. The molecule has 0 radical (unpaired) electrons. The molecule has 2 unspecified atom stereocenters. The minimum atomic E-state index is 0.462. The van der Waals surface area contributed by atoms with E-state index in [9.17, 15) is 0 Å². The highest BCUT2D eigenvalue weighted by Crippen LogP contribution is 2.60. The van der Waals surface area contributed by atoms with Crippen LogP contribution in [0.4, 0.5) is 0 Å². The number of rotatable bonds is 4. The van der Waals surface area contributed by atoms with Gasteiger partial charge in [0.05, 0.1) is 7.11 Å². The molecule has 0 amide bonds. The lowest BCUT2D eigenvalue weighted by atomic mass is 9.78.